The van der Waals surface area contributed by atoms with Gasteiger partial charge in [-0.15, -0.1) is 0 Å². The number of amides is 3. The number of nitrogens with zero attached hydrogens (tertiary/aromatic N) is 1. The quantitative estimate of drug-likeness (QED) is 0.836. The maximum Gasteiger partial charge on any atom is 0.317 e. The van der Waals surface area contributed by atoms with E-state index in [0.717, 1.165) is 23.8 Å². The highest BCUT2D eigenvalue weighted by Crippen LogP contribution is 2.19. The summed E-state index contributed by atoms with van der Waals surface area (Å²) in [6, 6.07) is 14.5. The van der Waals surface area contributed by atoms with Crippen LogP contribution in [0.15, 0.2) is 42.5 Å². The molecule has 2 aromatic rings. The first-order valence-electron chi connectivity index (χ1n) is 9.38. The number of nitrogens with one attached hydrogen (secondary N) is 2. The Kier molecular flexibility index (Phi) is 6.10. The lowest BCUT2D eigenvalue weighted by molar-refractivity contribution is -0.121. The SMILES string of the molecule is CN(Cc1cccc2ccccc12)C(=O)NCCC(=O)NC1CCCC1. The molecule has 2 N–H and O–H groups in total. The molecule has 1 fully saturated rings. The maximum atomic E-state index is 12.3. The zero-order chi connectivity index (χ0) is 18.4. The number of carbonyl (C=O) groups is 2. The molecule has 3 rings (SSSR count). The molecule has 5 nitrogen and oxygen atoms in total. The Morgan fingerprint density at radius 3 is 2.62 bits per heavy atom. The van der Waals surface area contributed by atoms with Gasteiger partial charge in [-0.25, -0.2) is 4.79 Å². The molecule has 0 bridgehead atoms. The second-order valence-corrected chi connectivity index (χ2v) is 7.03. The summed E-state index contributed by atoms with van der Waals surface area (Å²) >= 11 is 0. The van der Waals surface area contributed by atoms with E-state index in [-0.39, 0.29) is 11.9 Å². The Bertz CT molecular complexity index is 763. The number of rotatable bonds is 6. The molecule has 0 aromatic heterocycles. The lowest BCUT2D eigenvalue weighted by Crippen LogP contribution is -2.40. The molecule has 0 aliphatic heterocycles. The van der Waals surface area contributed by atoms with Gasteiger partial charge < -0.3 is 15.5 Å². The monoisotopic (exact) mass is 353 g/mol. The third-order valence-electron chi connectivity index (χ3n) is 4.98. The fourth-order valence-electron chi connectivity index (χ4n) is 3.55. The van der Waals surface area contributed by atoms with E-state index in [9.17, 15) is 9.59 Å². The number of carbonyl (C=O) groups excluding carboxylic acids is 2. The molecule has 3 amide bonds. The summed E-state index contributed by atoms with van der Waals surface area (Å²) in [5, 5.41) is 8.20. The molecule has 1 saturated carbocycles. The van der Waals surface area contributed by atoms with Crippen LogP contribution in [0.5, 0.6) is 0 Å². The number of benzene rings is 2. The van der Waals surface area contributed by atoms with E-state index in [0.29, 0.717) is 25.6 Å². The molecule has 1 aliphatic carbocycles. The van der Waals surface area contributed by atoms with Crippen molar-refractivity contribution in [2.75, 3.05) is 13.6 Å². The van der Waals surface area contributed by atoms with E-state index in [1.807, 2.05) is 24.3 Å². The van der Waals surface area contributed by atoms with Crippen LogP contribution >= 0.6 is 0 Å². The van der Waals surface area contributed by atoms with Gasteiger partial charge in [-0.2, -0.15) is 0 Å². The smallest absolute Gasteiger partial charge is 0.317 e. The fourth-order valence-corrected chi connectivity index (χ4v) is 3.55. The third kappa shape index (κ3) is 4.75. The standard InChI is InChI=1S/C21H27N3O2/c1-24(15-17-9-6-8-16-7-2-5-12-19(16)17)21(26)22-14-13-20(25)23-18-10-3-4-11-18/h2,5-9,12,18H,3-4,10-11,13-15H2,1H3,(H,22,26)(H,23,25). The predicted octanol–water partition coefficient (Wildman–Crippen LogP) is 3.43. The van der Waals surface area contributed by atoms with Gasteiger partial charge in [-0.1, -0.05) is 55.3 Å². The average Bonchev–Trinajstić information content (AvgIpc) is 3.14. The summed E-state index contributed by atoms with van der Waals surface area (Å²) < 4.78 is 0. The molecule has 0 radical (unpaired) electrons. The minimum atomic E-state index is -0.161. The summed E-state index contributed by atoms with van der Waals surface area (Å²) in [5.41, 5.74) is 1.11. The van der Waals surface area contributed by atoms with E-state index < -0.39 is 0 Å². The molecule has 5 heteroatoms. The third-order valence-corrected chi connectivity index (χ3v) is 4.98. The van der Waals surface area contributed by atoms with Gasteiger partial charge >= 0.3 is 6.03 Å². The van der Waals surface area contributed by atoms with Crippen LogP contribution in [0.4, 0.5) is 4.79 Å². The normalized spacial score (nSPS) is 14.3. The van der Waals surface area contributed by atoms with Crippen LogP contribution in [-0.4, -0.2) is 36.5 Å². The Hall–Kier alpha value is -2.56. The Morgan fingerprint density at radius 1 is 1.08 bits per heavy atom. The average molecular weight is 353 g/mol. The van der Waals surface area contributed by atoms with Gasteiger partial charge in [0.1, 0.15) is 0 Å². The lowest BCUT2D eigenvalue weighted by Gasteiger charge is -2.19. The summed E-state index contributed by atoms with van der Waals surface area (Å²) in [7, 11) is 1.77. The minimum Gasteiger partial charge on any atom is -0.353 e. The number of fused-ring (bicyclic) bond motifs is 1. The van der Waals surface area contributed by atoms with Crippen LogP contribution in [0.25, 0.3) is 10.8 Å². The van der Waals surface area contributed by atoms with Crippen LogP contribution in [0, 0.1) is 0 Å². The van der Waals surface area contributed by atoms with Crippen molar-refractivity contribution in [1.82, 2.24) is 15.5 Å². The summed E-state index contributed by atoms with van der Waals surface area (Å²) in [6.45, 7) is 0.888. The highest BCUT2D eigenvalue weighted by molar-refractivity contribution is 5.86. The van der Waals surface area contributed by atoms with Gasteiger partial charge in [0.25, 0.3) is 0 Å². The van der Waals surface area contributed by atoms with Crippen LogP contribution in [0.1, 0.15) is 37.7 Å². The summed E-state index contributed by atoms with van der Waals surface area (Å²) in [6.07, 6.45) is 4.86. The number of hydrogen-bond acceptors (Lipinski definition) is 2. The van der Waals surface area contributed by atoms with Crippen LogP contribution in [0.3, 0.4) is 0 Å². The first-order chi connectivity index (χ1) is 12.6. The van der Waals surface area contributed by atoms with E-state index in [1.165, 1.54) is 18.2 Å². The second kappa shape index (κ2) is 8.70. The molecular formula is C21H27N3O2. The molecule has 0 heterocycles. The molecule has 0 atom stereocenters. The Morgan fingerprint density at radius 2 is 1.81 bits per heavy atom. The van der Waals surface area contributed by atoms with Crippen molar-refractivity contribution in [3.05, 3.63) is 48.0 Å². The van der Waals surface area contributed by atoms with Crippen molar-refractivity contribution < 1.29 is 9.59 Å². The largest absolute Gasteiger partial charge is 0.353 e. The van der Waals surface area contributed by atoms with Crippen LogP contribution in [0.2, 0.25) is 0 Å². The molecular weight excluding hydrogens is 326 g/mol. The van der Waals surface area contributed by atoms with E-state index >= 15 is 0 Å². The van der Waals surface area contributed by atoms with Crippen molar-refractivity contribution in [2.24, 2.45) is 0 Å². The van der Waals surface area contributed by atoms with Crippen molar-refractivity contribution in [3.63, 3.8) is 0 Å². The maximum absolute atomic E-state index is 12.3. The van der Waals surface area contributed by atoms with Crippen molar-refractivity contribution >= 4 is 22.7 Å². The molecule has 0 spiro atoms. The van der Waals surface area contributed by atoms with Gasteiger partial charge in [-0.3, -0.25) is 4.79 Å². The molecule has 0 unspecified atom stereocenters. The molecule has 0 saturated heterocycles. The van der Waals surface area contributed by atoms with Gasteiger partial charge in [0.15, 0.2) is 0 Å². The zero-order valence-corrected chi connectivity index (χ0v) is 15.3. The Labute approximate surface area is 154 Å². The highest BCUT2D eigenvalue weighted by Gasteiger charge is 2.17. The predicted molar refractivity (Wildman–Crippen MR) is 104 cm³/mol. The van der Waals surface area contributed by atoms with Gasteiger partial charge in [0, 0.05) is 32.6 Å². The summed E-state index contributed by atoms with van der Waals surface area (Å²) in [5.74, 6) is 0.0221. The molecule has 138 valence electrons. The van der Waals surface area contributed by atoms with Crippen molar-refractivity contribution in [3.8, 4) is 0 Å². The molecule has 26 heavy (non-hydrogen) atoms. The highest BCUT2D eigenvalue weighted by atomic mass is 16.2. The van der Waals surface area contributed by atoms with Crippen LogP contribution in [-0.2, 0) is 11.3 Å². The van der Waals surface area contributed by atoms with Crippen molar-refractivity contribution in [1.29, 1.82) is 0 Å². The number of urea groups is 1. The van der Waals surface area contributed by atoms with Gasteiger partial charge in [0.2, 0.25) is 5.91 Å². The Balaban J connectivity index is 1.46. The lowest BCUT2D eigenvalue weighted by atomic mass is 10.0. The topological polar surface area (TPSA) is 61.4 Å². The summed E-state index contributed by atoms with van der Waals surface area (Å²) in [4.78, 5) is 25.9. The van der Waals surface area contributed by atoms with E-state index in [4.69, 9.17) is 0 Å². The van der Waals surface area contributed by atoms with E-state index in [1.54, 1.807) is 11.9 Å². The zero-order valence-electron chi connectivity index (χ0n) is 15.3. The minimum absolute atomic E-state index is 0.0221. The van der Waals surface area contributed by atoms with E-state index in [2.05, 4.69) is 28.8 Å². The second-order valence-electron chi connectivity index (χ2n) is 7.03. The number of hydrogen-bond donors (Lipinski definition) is 2. The molecule has 2 aromatic carbocycles. The van der Waals surface area contributed by atoms with Crippen molar-refractivity contribution in [2.45, 2.75) is 44.7 Å². The van der Waals surface area contributed by atoms with Gasteiger partial charge in [0.05, 0.1) is 0 Å². The van der Waals surface area contributed by atoms with Crippen LogP contribution < -0.4 is 10.6 Å². The fraction of sp³-hybridized carbons (Fsp3) is 0.429. The first-order valence-corrected chi connectivity index (χ1v) is 9.38. The molecule has 1 aliphatic rings. The van der Waals surface area contributed by atoms with Gasteiger partial charge in [-0.05, 0) is 29.2 Å². The first kappa shape index (κ1) is 18.2.